The number of hydroxylamine groups is 1. The lowest BCUT2D eigenvalue weighted by atomic mass is 10.00. The van der Waals surface area contributed by atoms with Crippen LogP contribution in [0.4, 0.5) is 5.82 Å². The van der Waals surface area contributed by atoms with Crippen molar-refractivity contribution in [1.29, 1.82) is 0 Å². The van der Waals surface area contributed by atoms with E-state index in [1.165, 1.54) is 5.56 Å². The van der Waals surface area contributed by atoms with Crippen LogP contribution in [0.3, 0.4) is 0 Å². The zero-order chi connectivity index (χ0) is 16.2. The Morgan fingerprint density at radius 3 is 2.33 bits per heavy atom. The van der Waals surface area contributed by atoms with Gasteiger partial charge in [-0.05, 0) is 29.8 Å². The van der Waals surface area contributed by atoms with E-state index in [2.05, 4.69) is 40.3 Å². The second-order valence-electron chi connectivity index (χ2n) is 5.93. The van der Waals surface area contributed by atoms with Gasteiger partial charge in [0.15, 0.2) is 5.82 Å². The highest BCUT2D eigenvalue weighted by Crippen LogP contribution is 2.36. The van der Waals surface area contributed by atoms with Crippen molar-refractivity contribution in [2.45, 2.75) is 25.0 Å². The molecule has 0 aliphatic carbocycles. The average Bonchev–Trinajstić information content (AvgIpc) is 3.08. The van der Waals surface area contributed by atoms with E-state index >= 15 is 0 Å². The third-order valence-corrected chi connectivity index (χ3v) is 4.28. The molecule has 0 N–H and O–H groups in total. The molecule has 3 heterocycles. The van der Waals surface area contributed by atoms with Crippen LogP contribution in [0, 0.1) is 0 Å². The van der Waals surface area contributed by atoms with E-state index < -0.39 is 0 Å². The third kappa shape index (κ3) is 3.14. The molecule has 0 saturated carbocycles. The summed E-state index contributed by atoms with van der Waals surface area (Å²) in [6, 6.07) is 22.5. The Hall–Kier alpha value is -2.72. The lowest BCUT2D eigenvalue weighted by Crippen LogP contribution is -2.30. The van der Waals surface area contributed by atoms with Gasteiger partial charge in [0.25, 0.3) is 0 Å². The summed E-state index contributed by atoms with van der Waals surface area (Å²) in [5, 5.41) is 1.95. The average molecular weight is 317 g/mol. The van der Waals surface area contributed by atoms with Gasteiger partial charge in [-0.3, -0.25) is 9.82 Å². The second kappa shape index (κ2) is 6.81. The van der Waals surface area contributed by atoms with Gasteiger partial charge < -0.3 is 0 Å². The monoisotopic (exact) mass is 317 g/mol. The summed E-state index contributed by atoms with van der Waals surface area (Å²) in [6.45, 7) is 0. The minimum Gasteiger partial charge on any atom is -0.264 e. The molecule has 120 valence electrons. The summed E-state index contributed by atoms with van der Waals surface area (Å²) in [5.41, 5.74) is 2.27. The van der Waals surface area contributed by atoms with Gasteiger partial charge in [-0.15, -0.1) is 0 Å². The van der Waals surface area contributed by atoms with Crippen molar-refractivity contribution in [1.82, 2.24) is 9.97 Å². The minimum absolute atomic E-state index is 0.0434. The smallest absolute Gasteiger partial charge is 0.152 e. The van der Waals surface area contributed by atoms with E-state index in [-0.39, 0.29) is 12.1 Å². The summed E-state index contributed by atoms with van der Waals surface area (Å²) >= 11 is 0. The van der Waals surface area contributed by atoms with Gasteiger partial charge in [0.1, 0.15) is 6.10 Å². The number of anilines is 1. The minimum atomic E-state index is 0.0434. The zero-order valence-corrected chi connectivity index (χ0v) is 13.3. The molecule has 0 amide bonds. The van der Waals surface area contributed by atoms with Gasteiger partial charge in [0.05, 0.1) is 6.04 Å². The highest BCUT2D eigenvalue weighted by Gasteiger charge is 2.35. The van der Waals surface area contributed by atoms with Gasteiger partial charge in [-0.1, -0.05) is 42.5 Å². The van der Waals surface area contributed by atoms with Crippen LogP contribution in [-0.4, -0.2) is 16.0 Å². The molecule has 1 aromatic carbocycles. The van der Waals surface area contributed by atoms with E-state index in [0.717, 1.165) is 24.4 Å². The quantitative estimate of drug-likeness (QED) is 0.730. The molecule has 0 spiro atoms. The fourth-order valence-electron chi connectivity index (χ4n) is 3.13. The maximum Gasteiger partial charge on any atom is 0.152 e. The predicted molar refractivity (Wildman–Crippen MR) is 93.3 cm³/mol. The normalized spacial score (nSPS) is 20.2. The van der Waals surface area contributed by atoms with E-state index in [1.807, 2.05) is 47.7 Å². The van der Waals surface area contributed by atoms with E-state index in [0.29, 0.717) is 0 Å². The highest BCUT2D eigenvalue weighted by atomic mass is 16.7. The van der Waals surface area contributed by atoms with Crippen LogP contribution in [0.15, 0.2) is 79.1 Å². The lowest BCUT2D eigenvalue weighted by molar-refractivity contribution is 0.0821. The van der Waals surface area contributed by atoms with Crippen LogP contribution in [0.1, 0.15) is 23.8 Å². The molecule has 0 unspecified atom stereocenters. The first-order valence-corrected chi connectivity index (χ1v) is 8.22. The first-order chi connectivity index (χ1) is 11.9. The van der Waals surface area contributed by atoms with Gasteiger partial charge >= 0.3 is 0 Å². The molecule has 24 heavy (non-hydrogen) atoms. The molecule has 0 radical (unpaired) electrons. The summed E-state index contributed by atoms with van der Waals surface area (Å²) in [6.07, 6.45) is 5.43. The molecular formula is C20H19N3O. The molecule has 3 aromatic rings. The number of rotatable bonds is 4. The molecule has 4 nitrogen and oxygen atoms in total. The number of benzene rings is 1. The Kier molecular flexibility index (Phi) is 4.21. The van der Waals surface area contributed by atoms with Gasteiger partial charge in [-0.2, -0.15) is 0 Å². The van der Waals surface area contributed by atoms with Crippen molar-refractivity contribution in [3.8, 4) is 0 Å². The molecule has 1 saturated heterocycles. The van der Waals surface area contributed by atoms with Crippen molar-refractivity contribution in [3.05, 3.63) is 90.4 Å². The van der Waals surface area contributed by atoms with Crippen LogP contribution < -0.4 is 5.06 Å². The summed E-state index contributed by atoms with van der Waals surface area (Å²) in [5.74, 6) is 0.844. The van der Waals surface area contributed by atoms with Gasteiger partial charge in [0.2, 0.25) is 0 Å². The number of hydrogen-bond acceptors (Lipinski definition) is 4. The molecule has 2 aromatic heterocycles. The zero-order valence-electron chi connectivity index (χ0n) is 13.3. The Bertz CT molecular complexity index is 765. The van der Waals surface area contributed by atoms with Crippen LogP contribution >= 0.6 is 0 Å². The van der Waals surface area contributed by atoms with Crippen molar-refractivity contribution in [2.75, 3.05) is 5.06 Å². The Balaban J connectivity index is 1.61. The Labute approximate surface area is 141 Å². The molecule has 1 aliphatic rings. The molecule has 0 bridgehead atoms. The largest absolute Gasteiger partial charge is 0.264 e. The van der Waals surface area contributed by atoms with Crippen molar-refractivity contribution in [2.24, 2.45) is 0 Å². The first-order valence-electron chi connectivity index (χ1n) is 8.22. The van der Waals surface area contributed by atoms with Crippen LogP contribution in [0.25, 0.3) is 0 Å². The van der Waals surface area contributed by atoms with Gasteiger partial charge in [-0.25, -0.2) is 10.0 Å². The maximum atomic E-state index is 6.26. The summed E-state index contributed by atoms with van der Waals surface area (Å²) in [4.78, 5) is 15.2. The maximum absolute atomic E-state index is 6.26. The SMILES string of the molecule is c1ccc([C@H]2C[C@@H](Cc3ccccn3)N(c3ccccn3)O2)cc1. The third-order valence-electron chi connectivity index (χ3n) is 4.28. The van der Waals surface area contributed by atoms with Crippen molar-refractivity contribution in [3.63, 3.8) is 0 Å². The first kappa shape index (κ1) is 14.8. The van der Waals surface area contributed by atoms with Crippen molar-refractivity contribution < 1.29 is 4.84 Å². The number of aromatic nitrogens is 2. The molecule has 4 heteroatoms. The number of pyridine rings is 2. The lowest BCUT2D eigenvalue weighted by Gasteiger charge is -2.23. The van der Waals surface area contributed by atoms with E-state index in [1.54, 1.807) is 6.20 Å². The molecule has 2 atom stereocenters. The van der Waals surface area contributed by atoms with E-state index in [4.69, 9.17) is 4.84 Å². The molecule has 4 rings (SSSR count). The van der Waals surface area contributed by atoms with Crippen molar-refractivity contribution >= 4 is 5.82 Å². The highest BCUT2D eigenvalue weighted by molar-refractivity contribution is 5.38. The predicted octanol–water partition coefficient (Wildman–Crippen LogP) is 3.97. The van der Waals surface area contributed by atoms with Crippen LogP contribution in [-0.2, 0) is 11.3 Å². The number of nitrogens with zero attached hydrogens (tertiary/aromatic N) is 3. The Morgan fingerprint density at radius 1 is 0.875 bits per heavy atom. The second-order valence-corrected chi connectivity index (χ2v) is 5.93. The summed E-state index contributed by atoms with van der Waals surface area (Å²) in [7, 11) is 0. The fraction of sp³-hybridized carbons (Fsp3) is 0.200. The van der Waals surface area contributed by atoms with Crippen LogP contribution in [0.2, 0.25) is 0 Å². The molecule has 1 fully saturated rings. The van der Waals surface area contributed by atoms with E-state index in [9.17, 15) is 0 Å². The van der Waals surface area contributed by atoms with Gasteiger partial charge in [0, 0.05) is 30.9 Å². The fourth-order valence-corrected chi connectivity index (χ4v) is 3.13. The standard InChI is InChI=1S/C20H19N3O/c1-2-8-16(9-3-1)19-15-18(14-17-10-4-6-12-21-17)23(24-19)20-11-5-7-13-22-20/h1-13,18-19H,14-15H2/t18-,19-/m1/s1. The topological polar surface area (TPSA) is 38.2 Å². The number of hydrogen-bond donors (Lipinski definition) is 0. The Morgan fingerprint density at radius 2 is 1.62 bits per heavy atom. The summed E-state index contributed by atoms with van der Waals surface area (Å²) < 4.78 is 0. The molecular weight excluding hydrogens is 298 g/mol. The molecule has 1 aliphatic heterocycles. The van der Waals surface area contributed by atoms with Crippen LogP contribution in [0.5, 0.6) is 0 Å².